The molecule has 0 saturated heterocycles. The molecular formula is C18H14F2O4. The van der Waals surface area contributed by atoms with Crippen molar-refractivity contribution in [2.75, 3.05) is 7.11 Å². The van der Waals surface area contributed by atoms with E-state index in [1.807, 2.05) is 6.07 Å². The smallest absolute Gasteiger partial charge is 0.374 e. The van der Waals surface area contributed by atoms with Gasteiger partial charge in [0.15, 0.2) is 11.6 Å². The maximum Gasteiger partial charge on any atom is 0.374 e. The van der Waals surface area contributed by atoms with Crippen LogP contribution in [-0.4, -0.2) is 13.1 Å². The Labute approximate surface area is 136 Å². The van der Waals surface area contributed by atoms with Crippen molar-refractivity contribution >= 4 is 16.9 Å². The van der Waals surface area contributed by atoms with Crippen molar-refractivity contribution in [3.63, 3.8) is 0 Å². The van der Waals surface area contributed by atoms with E-state index in [0.717, 1.165) is 11.5 Å². The zero-order chi connectivity index (χ0) is 17.1. The number of ether oxygens (including phenoxy) is 2. The van der Waals surface area contributed by atoms with E-state index in [2.05, 4.69) is 0 Å². The highest BCUT2D eigenvalue weighted by atomic mass is 19.2. The maximum atomic E-state index is 13.6. The van der Waals surface area contributed by atoms with Crippen LogP contribution in [0.1, 0.15) is 21.7 Å². The Morgan fingerprint density at radius 3 is 2.67 bits per heavy atom. The highest BCUT2D eigenvalue weighted by Gasteiger charge is 2.22. The summed E-state index contributed by atoms with van der Waals surface area (Å²) < 4.78 is 42.5. The first-order valence-electron chi connectivity index (χ1n) is 7.21. The van der Waals surface area contributed by atoms with E-state index < -0.39 is 24.2 Å². The van der Waals surface area contributed by atoms with Crippen molar-refractivity contribution < 1.29 is 27.5 Å². The second-order valence-corrected chi connectivity index (χ2v) is 5.13. The van der Waals surface area contributed by atoms with Gasteiger partial charge in [0, 0.05) is 23.6 Å². The predicted molar refractivity (Wildman–Crippen MR) is 82.4 cm³/mol. The minimum atomic E-state index is -1.04. The minimum Gasteiger partial charge on any atom is -0.455 e. The number of rotatable bonds is 5. The lowest BCUT2D eigenvalue weighted by molar-refractivity contribution is 0.0428. The van der Waals surface area contributed by atoms with Crippen LogP contribution >= 0.6 is 0 Å². The lowest BCUT2D eigenvalue weighted by atomic mass is 10.1. The molecule has 0 spiro atoms. The molecule has 6 heteroatoms. The van der Waals surface area contributed by atoms with Crippen molar-refractivity contribution in [3.05, 3.63) is 71.0 Å². The Kier molecular flexibility index (Phi) is 4.57. The van der Waals surface area contributed by atoms with Gasteiger partial charge in [-0.25, -0.2) is 13.6 Å². The first-order valence-corrected chi connectivity index (χ1v) is 7.21. The van der Waals surface area contributed by atoms with Gasteiger partial charge in [-0.05, 0) is 12.1 Å². The number of fused-ring (bicyclic) bond motifs is 1. The average Bonchev–Trinajstić information content (AvgIpc) is 2.95. The standard InChI is InChI=1S/C18H14F2O4/c1-22-10-13-12-6-2-3-8-15(12)24-17(13)18(21)23-9-11-5-4-7-14(19)16(11)20/h2-8H,9-10H2,1H3. The van der Waals surface area contributed by atoms with Crippen molar-refractivity contribution in [1.82, 2.24) is 0 Å². The van der Waals surface area contributed by atoms with E-state index in [0.29, 0.717) is 11.1 Å². The fourth-order valence-corrected chi connectivity index (χ4v) is 2.42. The molecule has 0 fully saturated rings. The number of carbonyl (C=O) groups is 1. The normalized spacial score (nSPS) is 11.0. The summed E-state index contributed by atoms with van der Waals surface area (Å²) in [4.78, 5) is 12.3. The SMILES string of the molecule is COCc1c(C(=O)OCc2cccc(F)c2F)oc2ccccc12. The summed E-state index contributed by atoms with van der Waals surface area (Å²) in [6, 6.07) is 10.8. The summed E-state index contributed by atoms with van der Waals surface area (Å²) in [5.41, 5.74) is 1.03. The number of benzene rings is 2. The summed E-state index contributed by atoms with van der Waals surface area (Å²) in [6.07, 6.45) is 0. The van der Waals surface area contributed by atoms with Crippen molar-refractivity contribution in [1.29, 1.82) is 0 Å². The number of hydrogen-bond donors (Lipinski definition) is 0. The van der Waals surface area contributed by atoms with Crippen LogP contribution in [0.4, 0.5) is 8.78 Å². The largest absolute Gasteiger partial charge is 0.455 e. The van der Waals surface area contributed by atoms with Crippen LogP contribution in [0.15, 0.2) is 46.9 Å². The summed E-state index contributed by atoms with van der Waals surface area (Å²) >= 11 is 0. The van der Waals surface area contributed by atoms with E-state index in [4.69, 9.17) is 13.9 Å². The van der Waals surface area contributed by atoms with E-state index in [9.17, 15) is 13.6 Å². The molecule has 1 heterocycles. The molecule has 3 rings (SSSR count). The number of hydrogen-bond acceptors (Lipinski definition) is 4. The maximum absolute atomic E-state index is 13.6. The highest BCUT2D eigenvalue weighted by Crippen LogP contribution is 2.27. The Balaban J connectivity index is 1.86. The van der Waals surface area contributed by atoms with Crippen LogP contribution in [0.2, 0.25) is 0 Å². The third-order valence-electron chi connectivity index (χ3n) is 3.56. The van der Waals surface area contributed by atoms with Gasteiger partial charge in [-0.1, -0.05) is 30.3 Å². The Hall–Kier alpha value is -2.73. The molecule has 0 aliphatic carbocycles. The quantitative estimate of drug-likeness (QED) is 0.657. The van der Waals surface area contributed by atoms with Gasteiger partial charge in [0.2, 0.25) is 5.76 Å². The van der Waals surface area contributed by atoms with E-state index in [-0.39, 0.29) is 17.9 Å². The fourth-order valence-electron chi connectivity index (χ4n) is 2.42. The van der Waals surface area contributed by atoms with Crippen molar-refractivity contribution in [2.45, 2.75) is 13.2 Å². The third kappa shape index (κ3) is 3.00. The lowest BCUT2D eigenvalue weighted by Crippen LogP contribution is -2.08. The van der Waals surface area contributed by atoms with Crippen LogP contribution in [0.5, 0.6) is 0 Å². The van der Waals surface area contributed by atoms with Crippen LogP contribution in [0.3, 0.4) is 0 Å². The average molecular weight is 332 g/mol. The number of carbonyl (C=O) groups excluding carboxylic acids is 1. The van der Waals surface area contributed by atoms with Crippen LogP contribution < -0.4 is 0 Å². The summed E-state index contributed by atoms with van der Waals surface area (Å²) in [7, 11) is 1.50. The molecule has 0 N–H and O–H groups in total. The molecule has 0 atom stereocenters. The second-order valence-electron chi connectivity index (χ2n) is 5.13. The summed E-state index contributed by atoms with van der Waals surface area (Å²) in [5.74, 6) is -2.80. The molecule has 3 aromatic rings. The summed E-state index contributed by atoms with van der Waals surface area (Å²) in [6.45, 7) is -0.234. The monoisotopic (exact) mass is 332 g/mol. The van der Waals surface area contributed by atoms with Gasteiger partial charge >= 0.3 is 5.97 Å². The highest BCUT2D eigenvalue weighted by molar-refractivity contribution is 5.96. The topological polar surface area (TPSA) is 48.7 Å². The van der Waals surface area contributed by atoms with Gasteiger partial charge in [-0.3, -0.25) is 0 Å². The Bertz CT molecular complexity index is 886. The minimum absolute atomic E-state index is 0.00476. The molecule has 2 aromatic carbocycles. The van der Waals surface area contributed by atoms with Crippen LogP contribution in [0, 0.1) is 11.6 Å². The second kappa shape index (κ2) is 6.80. The molecule has 0 aliphatic rings. The Morgan fingerprint density at radius 1 is 1.08 bits per heavy atom. The molecule has 0 unspecified atom stereocenters. The number of furan rings is 1. The van der Waals surface area contributed by atoms with Gasteiger partial charge in [-0.15, -0.1) is 0 Å². The van der Waals surface area contributed by atoms with Gasteiger partial charge in [0.05, 0.1) is 6.61 Å². The van der Waals surface area contributed by atoms with Gasteiger partial charge in [0.25, 0.3) is 0 Å². The van der Waals surface area contributed by atoms with Gasteiger partial charge < -0.3 is 13.9 Å². The van der Waals surface area contributed by atoms with Gasteiger partial charge in [-0.2, -0.15) is 0 Å². The van der Waals surface area contributed by atoms with Gasteiger partial charge in [0.1, 0.15) is 12.2 Å². The molecule has 0 bridgehead atoms. The van der Waals surface area contributed by atoms with E-state index >= 15 is 0 Å². The molecule has 0 radical (unpaired) electrons. The number of esters is 1. The zero-order valence-electron chi connectivity index (χ0n) is 12.8. The third-order valence-corrected chi connectivity index (χ3v) is 3.56. The Morgan fingerprint density at radius 2 is 1.88 bits per heavy atom. The lowest BCUT2D eigenvalue weighted by Gasteiger charge is -2.06. The first kappa shape index (κ1) is 16.1. The number of methoxy groups -OCH3 is 1. The van der Waals surface area contributed by atoms with E-state index in [1.54, 1.807) is 18.2 Å². The predicted octanol–water partition coefficient (Wildman–Crippen LogP) is 4.21. The number of halogens is 2. The molecule has 1 aromatic heterocycles. The molecule has 24 heavy (non-hydrogen) atoms. The molecular weight excluding hydrogens is 318 g/mol. The molecule has 0 aliphatic heterocycles. The molecule has 0 saturated carbocycles. The van der Waals surface area contributed by atoms with E-state index in [1.165, 1.54) is 19.2 Å². The molecule has 0 amide bonds. The van der Waals surface area contributed by atoms with Crippen LogP contribution in [-0.2, 0) is 22.7 Å². The van der Waals surface area contributed by atoms with Crippen molar-refractivity contribution in [2.24, 2.45) is 0 Å². The molecule has 4 nitrogen and oxygen atoms in total. The van der Waals surface area contributed by atoms with Crippen molar-refractivity contribution in [3.8, 4) is 0 Å². The first-order chi connectivity index (χ1) is 11.6. The molecule has 124 valence electrons. The summed E-state index contributed by atoms with van der Waals surface area (Å²) in [5, 5.41) is 0.739. The van der Waals surface area contributed by atoms with Crippen LogP contribution in [0.25, 0.3) is 11.0 Å². The fraction of sp³-hybridized carbons (Fsp3) is 0.167. The zero-order valence-corrected chi connectivity index (χ0v) is 12.8. The number of para-hydroxylation sites is 1.